The van der Waals surface area contributed by atoms with Crippen molar-refractivity contribution in [2.24, 2.45) is 0 Å². The van der Waals surface area contributed by atoms with Gasteiger partial charge >= 0.3 is 0 Å². The Bertz CT molecular complexity index is 341. The zero-order valence-electron chi connectivity index (χ0n) is 11.9. The summed E-state index contributed by atoms with van der Waals surface area (Å²) in [4.78, 5) is 25.7. The lowest BCUT2D eigenvalue weighted by Crippen LogP contribution is -2.43. The van der Waals surface area contributed by atoms with Gasteiger partial charge in [0, 0.05) is 39.0 Å². The smallest absolute Gasteiger partial charge is 0.223 e. The monoisotopic (exact) mass is 283 g/mol. The zero-order valence-corrected chi connectivity index (χ0v) is 11.9. The van der Waals surface area contributed by atoms with Crippen LogP contribution in [0.4, 0.5) is 0 Å². The molecule has 20 heavy (non-hydrogen) atoms. The molecule has 2 fully saturated rings. The molecule has 0 saturated carbocycles. The number of aliphatic hydroxyl groups excluding tert-OH is 1. The van der Waals surface area contributed by atoms with E-state index < -0.39 is 6.10 Å². The highest BCUT2D eigenvalue weighted by Gasteiger charge is 2.26. The summed E-state index contributed by atoms with van der Waals surface area (Å²) in [6.45, 7) is 2.75. The van der Waals surface area contributed by atoms with E-state index in [2.05, 4.69) is 10.6 Å². The number of carbonyl (C=O) groups excluding carboxylic acids is 2. The van der Waals surface area contributed by atoms with Crippen molar-refractivity contribution in [3.8, 4) is 0 Å². The van der Waals surface area contributed by atoms with Crippen LogP contribution in [0.2, 0.25) is 0 Å². The minimum Gasteiger partial charge on any atom is -0.390 e. The molecule has 0 aliphatic carbocycles. The number of hydrogen-bond donors (Lipinski definition) is 3. The van der Waals surface area contributed by atoms with Crippen LogP contribution in [-0.2, 0) is 9.59 Å². The molecule has 0 unspecified atom stereocenters. The molecule has 0 spiro atoms. The third-order valence-corrected chi connectivity index (χ3v) is 4.05. The van der Waals surface area contributed by atoms with Crippen molar-refractivity contribution in [1.29, 1.82) is 0 Å². The predicted molar refractivity (Wildman–Crippen MR) is 75.1 cm³/mol. The summed E-state index contributed by atoms with van der Waals surface area (Å²) in [6.07, 6.45) is 4.46. The molecule has 2 heterocycles. The van der Waals surface area contributed by atoms with Crippen molar-refractivity contribution in [3.63, 3.8) is 0 Å². The topological polar surface area (TPSA) is 81.7 Å². The third-order valence-electron chi connectivity index (χ3n) is 4.05. The third kappa shape index (κ3) is 4.45. The van der Waals surface area contributed by atoms with Crippen molar-refractivity contribution in [2.75, 3.05) is 26.2 Å². The van der Waals surface area contributed by atoms with Crippen molar-refractivity contribution >= 4 is 11.8 Å². The average molecular weight is 283 g/mol. The number of rotatable bonds is 4. The van der Waals surface area contributed by atoms with Crippen LogP contribution < -0.4 is 10.6 Å². The molecule has 2 saturated heterocycles. The average Bonchev–Trinajstić information content (AvgIpc) is 2.70. The molecule has 6 nitrogen and oxygen atoms in total. The van der Waals surface area contributed by atoms with E-state index in [-0.39, 0.29) is 30.7 Å². The summed E-state index contributed by atoms with van der Waals surface area (Å²) in [5.41, 5.74) is 0. The van der Waals surface area contributed by atoms with Gasteiger partial charge in [0.05, 0.1) is 12.1 Å². The van der Waals surface area contributed by atoms with Gasteiger partial charge in [0.2, 0.25) is 11.8 Å². The largest absolute Gasteiger partial charge is 0.390 e. The van der Waals surface area contributed by atoms with Gasteiger partial charge in [0.25, 0.3) is 0 Å². The number of nitrogens with zero attached hydrogens (tertiary/aromatic N) is 1. The molecule has 0 aromatic carbocycles. The second-order valence-electron chi connectivity index (χ2n) is 5.69. The maximum Gasteiger partial charge on any atom is 0.223 e. The lowest BCUT2D eigenvalue weighted by Gasteiger charge is -2.20. The summed E-state index contributed by atoms with van der Waals surface area (Å²) >= 11 is 0. The van der Waals surface area contributed by atoms with Crippen molar-refractivity contribution in [3.05, 3.63) is 0 Å². The number of nitrogens with one attached hydrogen (secondary N) is 2. The Labute approximate surface area is 119 Å². The maximum atomic E-state index is 12.0. The molecule has 2 rings (SSSR count). The lowest BCUT2D eigenvalue weighted by atomic mass is 10.2. The number of β-amino-alcohol motifs (C(OH)–C–C–N with tert-alkyl or cyclic N) is 1. The summed E-state index contributed by atoms with van der Waals surface area (Å²) in [5.74, 6) is -0.0759. The van der Waals surface area contributed by atoms with E-state index in [1.807, 2.05) is 4.90 Å². The number of carbonyl (C=O) groups is 2. The summed E-state index contributed by atoms with van der Waals surface area (Å²) < 4.78 is 0. The molecule has 0 radical (unpaired) electrons. The molecular formula is C14H25N3O3. The molecule has 0 bridgehead atoms. The van der Waals surface area contributed by atoms with Crippen LogP contribution in [0.3, 0.4) is 0 Å². The van der Waals surface area contributed by atoms with Gasteiger partial charge in [-0.3, -0.25) is 9.59 Å². The van der Waals surface area contributed by atoms with Gasteiger partial charge < -0.3 is 20.6 Å². The van der Waals surface area contributed by atoms with E-state index in [4.69, 9.17) is 0 Å². The van der Waals surface area contributed by atoms with E-state index in [1.165, 1.54) is 12.8 Å². The van der Waals surface area contributed by atoms with E-state index >= 15 is 0 Å². The number of amides is 2. The summed E-state index contributed by atoms with van der Waals surface area (Å²) in [7, 11) is 0. The highest BCUT2D eigenvalue weighted by Crippen LogP contribution is 2.11. The van der Waals surface area contributed by atoms with Gasteiger partial charge in [-0.2, -0.15) is 0 Å². The van der Waals surface area contributed by atoms with Crippen LogP contribution in [-0.4, -0.2) is 60.1 Å². The maximum absolute atomic E-state index is 12.0. The Morgan fingerprint density at radius 1 is 1.10 bits per heavy atom. The first-order chi connectivity index (χ1) is 9.66. The predicted octanol–water partition coefficient (Wildman–Crippen LogP) is -0.382. The first-order valence-electron chi connectivity index (χ1n) is 7.63. The Hall–Kier alpha value is -1.14. The zero-order chi connectivity index (χ0) is 14.4. The minimum atomic E-state index is -0.528. The number of likely N-dealkylation sites (tertiary alicyclic amines) is 1. The first-order valence-corrected chi connectivity index (χ1v) is 7.63. The summed E-state index contributed by atoms with van der Waals surface area (Å²) in [5, 5.41) is 15.4. The Balaban J connectivity index is 1.68. The molecule has 0 aromatic rings. The van der Waals surface area contributed by atoms with E-state index in [0.717, 1.165) is 25.9 Å². The fourth-order valence-electron chi connectivity index (χ4n) is 2.79. The van der Waals surface area contributed by atoms with E-state index in [0.29, 0.717) is 13.1 Å². The Kier molecular flexibility index (Phi) is 5.79. The van der Waals surface area contributed by atoms with Crippen molar-refractivity contribution in [1.82, 2.24) is 15.5 Å². The lowest BCUT2D eigenvalue weighted by molar-refractivity contribution is -0.133. The molecular weight excluding hydrogens is 258 g/mol. The highest BCUT2D eigenvalue weighted by molar-refractivity contribution is 5.84. The quantitative estimate of drug-likeness (QED) is 0.657. The number of hydrogen-bond acceptors (Lipinski definition) is 4. The fraction of sp³-hybridized carbons (Fsp3) is 0.857. The second kappa shape index (κ2) is 7.59. The standard InChI is InChI=1S/C14H25N3O3/c18-12-10-15-9-11(12)16-13(19)5-6-14(20)17-7-3-1-2-4-8-17/h11-12,15,18H,1-10H2,(H,16,19)/t11-,12-/m1/s1. The highest BCUT2D eigenvalue weighted by atomic mass is 16.3. The van der Waals surface area contributed by atoms with Crippen LogP contribution in [0, 0.1) is 0 Å². The van der Waals surface area contributed by atoms with Gasteiger partial charge in [-0.05, 0) is 12.8 Å². The normalized spacial score (nSPS) is 27.1. The molecule has 2 amide bonds. The molecule has 2 aliphatic heterocycles. The van der Waals surface area contributed by atoms with Gasteiger partial charge in [0.1, 0.15) is 0 Å². The van der Waals surface area contributed by atoms with Gasteiger partial charge in [-0.25, -0.2) is 0 Å². The van der Waals surface area contributed by atoms with Crippen LogP contribution in [0.1, 0.15) is 38.5 Å². The molecule has 6 heteroatoms. The van der Waals surface area contributed by atoms with Crippen LogP contribution >= 0.6 is 0 Å². The van der Waals surface area contributed by atoms with Crippen molar-refractivity contribution in [2.45, 2.75) is 50.7 Å². The van der Waals surface area contributed by atoms with Gasteiger partial charge in [-0.15, -0.1) is 0 Å². The number of aliphatic hydroxyl groups is 1. The van der Waals surface area contributed by atoms with Crippen LogP contribution in [0.25, 0.3) is 0 Å². The van der Waals surface area contributed by atoms with Gasteiger partial charge in [-0.1, -0.05) is 12.8 Å². The first kappa shape index (κ1) is 15.3. The van der Waals surface area contributed by atoms with Crippen LogP contribution in [0.5, 0.6) is 0 Å². The molecule has 114 valence electrons. The Morgan fingerprint density at radius 2 is 1.80 bits per heavy atom. The minimum absolute atomic E-state index is 0.0761. The molecule has 2 aliphatic rings. The second-order valence-corrected chi connectivity index (χ2v) is 5.69. The summed E-state index contributed by atoms with van der Waals surface area (Å²) in [6, 6.07) is -0.226. The molecule has 3 N–H and O–H groups in total. The molecule has 0 aromatic heterocycles. The van der Waals surface area contributed by atoms with E-state index in [1.54, 1.807) is 0 Å². The van der Waals surface area contributed by atoms with Crippen LogP contribution in [0.15, 0.2) is 0 Å². The van der Waals surface area contributed by atoms with Crippen molar-refractivity contribution < 1.29 is 14.7 Å². The molecule has 2 atom stereocenters. The Morgan fingerprint density at radius 3 is 2.40 bits per heavy atom. The van der Waals surface area contributed by atoms with E-state index in [9.17, 15) is 14.7 Å². The SMILES string of the molecule is O=C(CCC(=O)N1CCCCCC1)N[C@@H]1CNC[C@H]1O. The fourth-order valence-corrected chi connectivity index (χ4v) is 2.79. The van der Waals surface area contributed by atoms with Gasteiger partial charge in [0.15, 0.2) is 0 Å².